The van der Waals surface area contributed by atoms with Crippen LogP contribution in [0.15, 0.2) is 66.0 Å². The molecule has 0 bridgehead atoms. The second-order valence-corrected chi connectivity index (χ2v) is 8.91. The van der Waals surface area contributed by atoms with Crippen LogP contribution in [0, 0.1) is 0 Å². The molecule has 1 aliphatic rings. The molecule has 6 heteroatoms. The molecule has 1 unspecified atom stereocenters. The topological polar surface area (TPSA) is 49.9 Å². The van der Waals surface area contributed by atoms with Crippen molar-refractivity contribution in [2.24, 2.45) is 0 Å². The first-order valence-electron chi connectivity index (χ1n) is 11.0. The summed E-state index contributed by atoms with van der Waals surface area (Å²) < 4.78 is 5.19. The van der Waals surface area contributed by atoms with Crippen molar-refractivity contribution in [1.82, 2.24) is 9.80 Å². The van der Waals surface area contributed by atoms with Gasteiger partial charge in [0.25, 0.3) is 5.91 Å². The molecule has 166 valence electrons. The Hall–Kier alpha value is -3.12. The molecule has 0 saturated heterocycles. The van der Waals surface area contributed by atoms with Crippen LogP contribution in [-0.2, 0) is 11.2 Å². The summed E-state index contributed by atoms with van der Waals surface area (Å²) in [6.07, 6.45) is 1.63. The fourth-order valence-corrected chi connectivity index (χ4v) is 5.18. The number of fused-ring (bicyclic) bond motifs is 1. The van der Waals surface area contributed by atoms with E-state index in [1.165, 1.54) is 10.4 Å². The molecule has 0 spiro atoms. The summed E-state index contributed by atoms with van der Waals surface area (Å²) in [5.41, 5.74) is 2.86. The van der Waals surface area contributed by atoms with Gasteiger partial charge in [0.1, 0.15) is 12.3 Å². The third-order valence-corrected chi connectivity index (χ3v) is 6.84. The first-order valence-corrected chi connectivity index (χ1v) is 11.8. The van der Waals surface area contributed by atoms with E-state index in [0.717, 1.165) is 18.4 Å². The summed E-state index contributed by atoms with van der Waals surface area (Å²) in [5, 5.41) is 2.10. The monoisotopic (exact) mass is 448 g/mol. The van der Waals surface area contributed by atoms with E-state index in [-0.39, 0.29) is 24.4 Å². The van der Waals surface area contributed by atoms with Crippen molar-refractivity contribution in [3.63, 3.8) is 0 Å². The number of carbonyl (C=O) groups is 2. The Morgan fingerprint density at radius 3 is 2.53 bits per heavy atom. The zero-order valence-electron chi connectivity index (χ0n) is 18.5. The lowest BCUT2D eigenvalue weighted by molar-refractivity contribution is -0.134. The minimum atomic E-state index is -0.132. The standard InChI is InChI=1S/C26H28N2O3S/c1-3-15-27(26(30)20-9-11-21(31-2)12-10-20)18-24(29)28-16-13-23-22(14-17-32-23)25(28)19-7-5-4-6-8-19/h4-12,14,17,25H,3,13,15-16,18H2,1-2H3. The Kier molecular flexibility index (Phi) is 6.90. The van der Waals surface area contributed by atoms with Gasteiger partial charge in [-0.15, -0.1) is 11.3 Å². The number of rotatable bonds is 7. The fraction of sp³-hybridized carbons (Fsp3) is 0.308. The van der Waals surface area contributed by atoms with E-state index >= 15 is 0 Å². The summed E-state index contributed by atoms with van der Waals surface area (Å²) in [5.74, 6) is 0.545. The average molecular weight is 449 g/mol. The van der Waals surface area contributed by atoms with E-state index in [1.807, 2.05) is 30.0 Å². The van der Waals surface area contributed by atoms with Crippen LogP contribution in [-0.4, -0.2) is 48.4 Å². The van der Waals surface area contributed by atoms with E-state index in [4.69, 9.17) is 4.74 Å². The van der Waals surface area contributed by atoms with Crippen LogP contribution in [0.5, 0.6) is 5.75 Å². The molecule has 0 fully saturated rings. The first-order chi connectivity index (χ1) is 15.6. The van der Waals surface area contributed by atoms with Crippen LogP contribution in [0.4, 0.5) is 0 Å². The van der Waals surface area contributed by atoms with Crippen molar-refractivity contribution in [2.75, 3.05) is 26.7 Å². The maximum atomic E-state index is 13.6. The molecule has 2 aromatic carbocycles. The van der Waals surface area contributed by atoms with Crippen molar-refractivity contribution < 1.29 is 14.3 Å². The number of hydrogen-bond donors (Lipinski definition) is 0. The normalized spacial score (nSPS) is 15.2. The van der Waals surface area contributed by atoms with Crippen molar-refractivity contribution in [2.45, 2.75) is 25.8 Å². The average Bonchev–Trinajstić information content (AvgIpc) is 3.32. The fourth-order valence-electron chi connectivity index (χ4n) is 4.27. The summed E-state index contributed by atoms with van der Waals surface area (Å²) in [6.45, 7) is 3.28. The van der Waals surface area contributed by atoms with Crippen molar-refractivity contribution >= 4 is 23.2 Å². The smallest absolute Gasteiger partial charge is 0.254 e. The van der Waals surface area contributed by atoms with Crippen LogP contribution >= 0.6 is 11.3 Å². The Morgan fingerprint density at radius 2 is 1.84 bits per heavy atom. The van der Waals surface area contributed by atoms with E-state index in [1.54, 1.807) is 47.6 Å². The largest absolute Gasteiger partial charge is 0.497 e. The molecule has 2 heterocycles. The van der Waals surface area contributed by atoms with E-state index in [9.17, 15) is 9.59 Å². The van der Waals surface area contributed by atoms with Crippen LogP contribution < -0.4 is 4.74 Å². The molecule has 32 heavy (non-hydrogen) atoms. The molecular formula is C26H28N2O3S. The lowest BCUT2D eigenvalue weighted by Gasteiger charge is -2.37. The Balaban J connectivity index is 1.57. The van der Waals surface area contributed by atoms with Crippen molar-refractivity contribution in [3.05, 3.63) is 87.6 Å². The van der Waals surface area contributed by atoms with Crippen molar-refractivity contribution in [1.29, 1.82) is 0 Å². The maximum absolute atomic E-state index is 13.6. The highest BCUT2D eigenvalue weighted by Crippen LogP contribution is 2.37. The van der Waals surface area contributed by atoms with Gasteiger partial charge in [-0.1, -0.05) is 37.3 Å². The summed E-state index contributed by atoms with van der Waals surface area (Å²) in [4.78, 5) is 31.7. The second kappa shape index (κ2) is 10.0. The number of nitrogens with zero attached hydrogens (tertiary/aromatic N) is 2. The number of ether oxygens (including phenoxy) is 1. The van der Waals surface area contributed by atoms with Gasteiger partial charge in [-0.05, 0) is 59.7 Å². The van der Waals surface area contributed by atoms with Crippen molar-refractivity contribution in [3.8, 4) is 5.75 Å². The van der Waals surface area contributed by atoms with Crippen LogP contribution in [0.25, 0.3) is 0 Å². The number of methoxy groups -OCH3 is 1. The third-order valence-electron chi connectivity index (χ3n) is 5.85. The number of hydrogen-bond acceptors (Lipinski definition) is 4. The molecule has 3 aromatic rings. The molecule has 0 aliphatic carbocycles. The van der Waals surface area contributed by atoms with E-state index < -0.39 is 0 Å². The first kappa shape index (κ1) is 22.1. The minimum Gasteiger partial charge on any atom is -0.497 e. The van der Waals surface area contributed by atoms with Gasteiger partial charge in [-0.3, -0.25) is 9.59 Å². The SMILES string of the molecule is CCCN(CC(=O)N1CCc2sccc2C1c1ccccc1)C(=O)c1ccc(OC)cc1. The van der Waals surface area contributed by atoms with E-state index in [0.29, 0.717) is 24.4 Å². The molecular weight excluding hydrogens is 420 g/mol. The molecule has 2 amide bonds. The number of benzene rings is 2. The van der Waals surface area contributed by atoms with Gasteiger partial charge in [0.05, 0.1) is 13.2 Å². The maximum Gasteiger partial charge on any atom is 0.254 e. The van der Waals surface area contributed by atoms with Gasteiger partial charge in [0.15, 0.2) is 0 Å². The zero-order valence-corrected chi connectivity index (χ0v) is 19.3. The summed E-state index contributed by atoms with van der Waals surface area (Å²) in [7, 11) is 1.60. The highest BCUT2D eigenvalue weighted by atomic mass is 32.1. The molecule has 0 N–H and O–H groups in total. The molecule has 0 saturated carbocycles. The predicted molar refractivity (Wildman–Crippen MR) is 127 cm³/mol. The Bertz CT molecular complexity index is 1060. The van der Waals surface area contributed by atoms with Gasteiger partial charge < -0.3 is 14.5 Å². The van der Waals surface area contributed by atoms with Gasteiger partial charge in [-0.25, -0.2) is 0 Å². The van der Waals surface area contributed by atoms with Crippen LogP contribution in [0.1, 0.15) is 45.7 Å². The number of amides is 2. The molecule has 0 radical (unpaired) electrons. The second-order valence-electron chi connectivity index (χ2n) is 7.90. The van der Waals surface area contributed by atoms with Gasteiger partial charge in [-0.2, -0.15) is 0 Å². The molecule has 1 aromatic heterocycles. The van der Waals surface area contributed by atoms with Crippen LogP contribution in [0.3, 0.4) is 0 Å². The summed E-state index contributed by atoms with van der Waals surface area (Å²) in [6, 6.07) is 19.2. The third kappa shape index (κ3) is 4.55. The van der Waals surface area contributed by atoms with Gasteiger partial charge in [0, 0.05) is 23.5 Å². The molecule has 1 aliphatic heterocycles. The Morgan fingerprint density at radius 1 is 1.09 bits per heavy atom. The number of thiophene rings is 1. The molecule has 4 rings (SSSR count). The quantitative estimate of drug-likeness (QED) is 0.523. The van der Waals surface area contributed by atoms with Crippen LogP contribution in [0.2, 0.25) is 0 Å². The lowest BCUT2D eigenvalue weighted by atomic mass is 9.93. The Labute approximate surface area is 193 Å². The van der Waals surface area contributed by atoms with E-state index in [2.05, 4.69) is 23.6 Å². The lowest BCUT2D eigenvalue weighted by Crippen LogP contribution is -2.47. The highest BCUT2D eigenvalue weighted by molar-refractivity contribution is 7.10. The predicted octanol–water partition coefficient (Wildman–Crippen LogP) is 4.78. The number of carbonyl (C=O) groups excluding carboxylic acids is 2. The zero-order chi connectivity index (χ0) is 22.5. The highest BCUT2D eigenvalue weighted by Gasteiger charge is 2.33. The van der Waals surface area contributed by atoms with Gasteiger partial charge in [0.2, 0.25) is 5.91 Å². The van der Waals surface area contributed by atoms with Gasteiger partial charge >= 0.3 is 0 Å². The minimum absolute atomic E-state index is 0.0222. The molecule has 1 atom stereocenters. The molecule has 5 nitrogen and oxygen atoms in total. The summed E-state index contributed by atoms with van der Waals surface area (Å²) >= 11 is 1.75.